The van der Waals surface area contributed by atoms with Crippen molar-refractivity contribution in [2.45, 2.75) is 37.0 Å². The first kappa shape index (κ1) is 13.5. The topological polar surface area (TPSA) is 60.2 Å². The summed E-state index contributed by atoms with van der Waals surface area (Å²) in [5.41, 5.74) is 1.30. The first-order chi connectivity index (χ1) is 7.16. The van der Waals surface area contributed by atoms with Gasteiger partial charge >= 0.3 is 0 Å². The molecule has 1 aromatic carbocycles. The Kier molecular flexibility index (Phi) is 3.67. The summed E-state index contributed by atoms with van der Waals surface area (Å²) in [6.45, 7) is 5.82. The first-order valence-electron chi connectivity index (χ1n) is 4.88. The molecule has 0 aliphatic heterocycles. The number of halogens is 1. The summed E-state index contributed by atoms with van der Waals surface area (Å²) in [5, 5.41) is 5.19. The minimum absolute atomic E-state index is 0.175. The fourth-order valence-electron chi connectivity index (χ4n) is 1.49. The van der Waals surface area contributed by atoms with E-state index in [1.54, 1.807) is 12.1 Å². The highest BCUT2D eigenvalue weighted by Crippen LogP contribution is 2.29. The molecule has 5 heteroatoms. The second kappa shape index (κ2) is 4.35. The quantitative estimate of drug-likeness (QED) is 0.831. The van der Waals surface area contributed by atoms with Crippen LogP contribution in [0.5, 0.6) is 0 Å². The van der Waals surface area contributed by atoms with Crippen molar-refractivity contribution < 1.29 is 8.42 Å². The normalized spacial score (nSPS) is 12.8. The second-order valence-corrected chi connectivity index (χ2v) is 6.56. The van der Waals surface area contributed by atoms with Gasteiger partial charge < -0.3 is 0 Å². The zero-order valence-electron chi connectivity index (χ0n) is 9.62. The molecule has 0 aromatic heterocycles. The molecule has 0 radical (unpaired) electrons. The maximum absolute atomic E-state index is 11.4. The lowest BCUT2D eigenvalue weighted by molar-refractivity contribution is 0.561. The molecule has 1 aromatic rings. The van der Waals surface area contributed by atoms with Crippen LogP contribution < -0.4 is 5.14 Å². The molecule has 0 saturated heterocycles. The average Bonchev–Trinajstić information content (AvgIpc) is 2.14. The summed E-state index contributed by atoms with van der Waals surface area (Å²) in [7, 11) is -3.68. The van der Waals surface area contributed by atoms with E-state index in [2.05, 4.69) is 0 Å². The molecule has 0 bridgehead atoms. The van der Waals surface area contributed by atoms with Crippen LogP contribution in [-0.2, 0) is 21.3 Å². The van der Waals surface area contributed by atoms with E-state index >= 15 is 0 Å². The molecule has 0 atom stereocenters. The van der Waals surface area contributed by atoms with E-state index in [1.165, 1.54) is 6.07 Å². The monoisotopic (exact) mass is 261 g/mol. The summed E-state index contributed by atoms with van der Waals surface area (Å²) in [6.07, 6.45) is 0. The maximum Gasteiger partial charge on any atom is 0.238 e. The van der Waals surface area contributed by atoms with Gasteiger partial charge in [0.2, 0.25) is 10.0 Å². The van der Waals surface area contributed by atoms with Crippen molar-refractivity contribution in [2.75, 3.05) is 0 Å². The van der Waals surface area contributed by atoms with Gasteiger partial charge in [-0.3, -0.25) is 0 Å². The van der Waals surface area contributed by atoms with Crippen LogP contribution in [-0.4, -0.2) is 8.42 Å². The molecule has 0 unspecified atom stereocenters. The first-order valence-corrected chi connectivity index (χ1v) is 6.96. The van der Waals surface area contributed by atoms with Gasteiger partial charge in [0.05, 0.1) is 4.90 Å². The van der Waals surface area contributed by atoms with Crippen LogP contribution in [0, 0.1) is 0 Å². The SMILES string of the molecule is CC(C)(C)c1cc(CCl)ccc1S(N)(=O)=O. The Morgan fingerprint density at radius 3 is 2.25 bits per heavy atom. The highest BCUT2D eigenvalue weighted by molar-refractivity contribution is 7.89. The van der Waals surface area contributed by atoms with Gasteiger partial charge in [0, 0.05) is 5.88 Å². The number of primary sulfonamides is 1. The van der Waals surface area contributed by atoms with Crippen molar-refractivity contribution >= 4 is 21.6 Å². The smallest absolute Gasteiger partial charge is 0.225 e. The molecule has 0 aliphatic carbocycles. The average molecular weight is 262 g/mol. The minimum atomic E-state index is -3.68. The van der Waals surface area contributed by atoms with Gasteiger partial charge in [0.25, 0.3) is 0 Å². The Morgan fingerprint density at radius 1 is 1.31 bits per heavy atom. The molecule has 90 valence electrons. The van der Waals surface area contributed by atoms with Crippen LogP contribution >= 0.6 is 11.6 Å². The summed E-state index contributed by atoms with van der Waals surface area (Å²) < 4.78 is 22.9. The number of alkyl halides is 1. The fourth-order valence-corrected chi connectivity index (χ4v) is 2.59. The van der Waals surface area contributed by atoms with Gasteiger partial charge in [0.15, 0.2) is 0 Å². The van der Waals surface area contributed by atoms with Crippen LogP contribution in [0.4, 0.5) is 0 Å². The van der Waals surface area contributed by atoms with E-state index in [4.69, 9.17) is 16.7 Å². The van der Waals surface area contributed by atoms with Gasteiger partial charge in [0.1, 0.15) is 0 Å². The Hall–Kier alpha value is -0.580. The molecule has 0 heterocycles. The summed E-state index contributed by atoms with van der Waals surface area (Å²) in [5.74, 6) is 0.355. The third kappa shape index (κ3) is 2.97. The van der Waals surface area contributed by atoms with Gasteiger partial charge in [-0.15, -0.1) is 11.6 Å². The van der Waals surface area contributed by atoms with E-state index in [0.717, 1.165) is 5.56 Å². The minimum Gasteiger partial charge on any atom is -0.225 e. The molecular formula is C11H16ClNO2S. The largest absolute Gasteiger partial charge is 0.238 e. The third-order valence-corrected chi connectivity index (χ3v) is 3.59. The second-order valence-electron chi connectivity index (χ2n) is 4.76. The van der Waals surface area contributed by atoms with Gasteiger partial charge in [-0.05, 0) is 22.6 Å². The molecule has 0 amide bonds. The van der Waals surface area contributed by atoms with Crippen molar-refractivity contribution in [1.82, 2.24) is 0 Å². The molecule has 3 nitrogen and oxygen atoms in total. The third-order valence-electron chi connectivity index (χ3n) is 2.31. The van der Waals surface area contributed by atoms with Crippen LogP contribution in [0.15, 0.2) is 23.1 Å². The number of benzene rings is 1. The van der Waals surface area contributed by atoms with E-state index in [9.17, 15) is 8.42 Å². The summed E-state index contributed by atoms with van der Waals surface area (Å²) in [6, 6.07) is 5.00. The van der Waals surface area contributed by atoms with Crippen molar-refractivity contribution in [1.29, 1.82) is 0 Å². The molecule has 1 rings (SSSR count). The summed E-state index contributed by atoms with van der Waals surface area (Å²) >= 11 is 5.73. The van der Waals surface area contributed by atoms with Gasteiger partial charge in [-0.1, -0.05) is 32.9 Å². The number of nitrogens with two attached hydrogens (primary N) is 1. The Bertz CT molecular complexity index is 489. The standard InChI is InChI=1S/C11H16ClNO2S/c1-11(2,3)9-6-8(7-12)4-5-10(9)16(13,14)15/h4-6H,7H2,1-3H3,(H2,13,14,15). The summed E-state index contributed by atoms with van der Waals surface area (Å²) in [4.78, 5) is 0.175. The Morgan fingerprint density at radius 2 is 1.88 bits per heavy atom. The van der Waals surface area contributed by atoms with Crippen molar-refractivity contribution in [3.63, 3.8) is 0 Å². The molecule has 0 saturated carbocycles. The van der Waals surface area contributed by atoms with Crippen LogP contribution in [0.2, 0.25) is 0 Å². The van der Waals surface area contributed by atoms with Crippen molar-refractivity contribution in [3.05, 3.63) is 29.3 Å². The van der Waals surface area contributed by atoms with E-state index in [1.807, 2.05) is 20.8 Å². The van der Waals surface area contributed by atoms with Gasteiger partial charge in [-0.2, -0.15) is 0 Å². The lowest BCUT2D eigenvalue weighted by atomic mass is 9.86. The fraction of sp³-hybridized carbons (Fsp3) is 0.455. The Labute approximate surface area is 102 Å². The van der Waals surface area contributed by atoms with E-state index in [-0.39, 0.29) is 10.3 Å². The molecule has 16 heavy (non-hydrogen) atoms. The highest BCUT2D eigenvalue weighted by atomic mass is 35.5. The molecule has 0 fully saturated rings. The van der Waals surface area contributed by atoms with Crippen molar-refractivity contribution in [2.24, 2.45) is 5.14 Å². The van der Waals surface area contributed by atoms with Gasteiger partial charge in [-0.25, -0.2) is 13.6 Å². The molecule has 0 aliphatic rings. The van der Waals surface area contributed by atoms with E-state index in [0.29, 0.717) is 11.4 Å². The highest BCUT2D eigenvalue weighted by Gasteiger charge is 2.23. The maximum atomic E-state index is 11.4. The van der Waals surface area contributed by atoms with Crippen molar-refractivity contribution in [3.8, 4) is 0 Å². The zero-order valence-corrected chi connectivity index (χ0v) is 11.2. The number of rotatable bonds is 2. The molecular weight excluding hydrogens is 246 g/mol. The van der Waals surface area contributed by atoms with Crippen LogP contribution in [0.3, 0.4) is 0 Å². The molecule has 0 spiro atoms. The zero-order chi connectivity index (χ0) is 12.6. The predicted octanol–water partition coefficient (Wildman–Crippen LogP) is 2.37. The number of sulfonamides is 1. The predicted molar refractivity (Wildman–Crippen MR) is 66.1 cm³/mol. The lowest BCUT2D eigenvalue weighted by Gasteiger charge is -2.22. The Balaban J connectivity index is 3.52. The lowest BCUT2D eigenvalue weighted by Crippen LogP contribution is -2.21. The number of hydrogen-bond donors (Lipinski definition) is 1. The van der Waals surface area contributed by atoms with E-state index < -0.39 is 10.0 Å². The number of hydrogen-bond acceptors (Lipinski definition) is 2. The van der Waals surface area contributed by atoms with Crippen LogP contribution in [0.25, 0.3) is 0 Å². The van der Waals surface area contributed by atoms with Crippen LogP contribution in [0.1, 0.15) is 31.9 Å². The molecule has 2 N–H and O–H groups in total.